The van der Waals surface area contributed by atoms with Gasteiger partial charge in [0.15, 0.2) is 11.5 Å². The largest absolute Gasteiger partial charge is 0.493 e. The van der Waals surface area contributed by atoms with Gasteiger partial charge in [0.2, 0.25) is 6.41 Å². The van der Waals surface area contributed by atoms with E-state index in [0.29, 0.717) is 24.0 Å². The summed E-state index contributed by atoms with van der Waals surface area (Å²) in [7, 11) is 1.63. The van der Waals surface area contributed by atoms with Crippen molar-refractivity contribution in [2.45, 2.75) is 32.9 Å². The van der Waals surface area contributed by atoms with Gasteiger partial charge in [-0.2, -0.15) is 0 Å². The van der Waals surface area contributed by atoms with Crippen LogP contribution in [0.2, 0.25) is 0 Å². The lowest BCUT2D eigenvalue weighted by Gasteiger charge is -2.21. The fraction of sp³-hybridized carbons (Fsp3) is 0.350. The first-order valence-corrected chi connectivity index (χ1v) is 8.17. The molecule has 0 aliphatic rings. The lowest BCUT2D eigenvalue weighted by Crippen LogP contribution is -2.34. The molecule has 1 N–H and O–H groups in total. The molecule has 0 radical (unpaired) electrons. The van der Waals surface area contributed by atoms with Crippen molar-refractivity contribution >= 4 is 6.41 Å². The van der Waals surface area contributed by atoms with Crippen LogP contribution in [0.1, 0.15) is 25.0 Å². The second-order valence-electron chi connectivity index (χ2n) is 6.10. The van der Waals surface area contributed by atoms with Crippen molar-refractivity contribution in [1.29, 1.82) is 0 Å². The number of amides is 1. The zero-order chi connectivity index (χ0) is 17.4. The van der Waals surface area contributed by atoms with Crippen LogP contribution in [0.25, 0.3) is 0 Å². The Morgan fingerprint density at radius 1 is 1.04 bits per heavy atom. The highest BCUT2D eigenvalue weighted by Crippen LogP contribution is 2.29. The average Bonchev–Trinajstić information content (AvgIpc) is 2.60. The summed E-state index contributed by atoms with van der Waals surface area (Å²) >= 11 is 0. The van der Waals surface area contributed by atoms with E-state index in [4.69, 9.17) is 9.47 Å². The Labute approximate surface area is 143 Å². The van der Waals surface area contributed by atoms with Gasteiger partial charge in [-0.25, -0.2) is 0 Å². The molecule has 128 valence electrons. The van der Waals surface area contributed by atoms with Gasteiger partial charge >= 0.3 is 0 Å². The molecule has 0 spiro atoms. The predicted octanol–water partition coefficient (Wildman–Crippen LogP) is 3.59. The zero-order valence-corrected chi connectivity index (χ0v) is 14.5. The van der Waals surface area contributed by atoms with Gasteiger partial charge in [-0.1, -0.05) is 50.2 Å². The predicted molar refractivity (Wildman–Crippen MR) is 95.3 cm³/mol. The van der Waals surface area contributed by atoms with E-state index in [2.05, 4.69) is 19.2 Å². The molecule has 0 heterocycles. The van der Waals surface area contributed by atoms with Crippen LogP contribution in [0.15, 0.2) is 48.5 Å². The van der Waals surface area contributed by atoms with E-state index in [0.717, 1.165) is 24.0 Å². The summed E-state index contributed by atoms with van der Waals surface area (Å²) < 4.78 is 11.3. The van der Waals surface area contributed by atoms with Crippen LogP contribution in [-0.4, -0.2) is 19.6 Å². The van der Waals surface area contributed by atoms with Crippen molar-refractivity contribution in [3.05, 3.63) is 59.7 Å². The number of benzene rings is 2. The van der Waals surface area contributed by atoms with Crippen molar-refractivity contribution in [3.8, 4) is 11.5 Å². The lowest BCUT2D eigenvalue weighted by atomic mass is 9.96. The molecule has 0 aromatic heterocycles. The topological polar surface area (TPSA) is 47.6 Å². The number of nitrogens with one attached hydrogen (secondary N) is 1. The molecule has 0 saturated carbocycles. The van der Waals surface area contributed by atoms with Crippen LogP contribution in [0.3, 0.4) is 0 Å². The summed E-state index contributed by atoms with van der Waals surface area (Å²) in [5, 5.41) is 2.88. The SMILES string of the molecule is COc1ccc(C[C@@H](NC=O)C(C)C)cc1OCc1ccccc1. The van der Waals surface area contributed by atoms with E-state index in [1.165, 1.54) is 0 Å². The molecule has 0 saturated heterocycles. The standard InChI is InChI=1S/C20H25NO3/c1-15(2)18(21-14-22)11-17-9-10-19(23-3)20(12-17)24-13-16-7-5-4-6-8-16/h4-10,12,14-15,18H,11,13H2,1-3H3,(H,21,22)/t18-/m1/s1. The molecule has 0 bridgehead atoms. The van der Waals surface area contributed by atoms with Gasteiger partial charge in [-0.3, -0.25) is 4.79 Å². The quantitative estimate of drug-likeness (QED) is 0.716. The van der Waals surface area contributed by atoms with E-state index in [-0.39, 0.29) is 6.04 Å². The van der Waals surface area contributed by atoms with E-state index in [9.17, 15) is 4.79 Å². The number of carbonyl (C=O) groups is 1. The number of methoxy groups -OCH3 is 1. The minimum absolute atomic E-state index is 0.0952. The molecule has 0 fully saturated rings. The monoisotopic (exact) mass is 327 g/mol. The Balaban J connectivity index is 2.12. The second-order valence-corrected chi connectivity index (χ2v) is 6.10. The Kier molecular flexibility index (Phi) is 6.67. The highest BCUT2D eigenvalue weighted by atomic mass is 16.5. The molecule has 24 heavy (non-hydrogen) atoms. The molecular formula is C20H25NO3. The van der Waals surface area contributed by atoms with Crippen molar-refractivity contribution in [3.63, 3.8) is 0 Å². The smallest absolute Gasteiger partial charge is 0.207 e. The molecule has 2 aromatic carbocycles. The van der Waals surface area contributed by atoms with E-state index in [1.54, 1.807) is 7.11 Å². The minimum atomic E-state index is 0.0952. The van der Waals surface area contributed by atoms with Crippen molar-refractivity contribution < 1.29 is 14.3 Å². The average molecular weight is 327 g/mol. The van der Waals surface area contributed by atoms with E-state index < -0.39 is 0 Å². The summed E-state index contributed by atoms with van der Waals surface area (Å²) in [6.07, 6.45) is 1.52. The summed E-state index contributed by atoms with van der Waals surface area (Å²) in [5.41, 5.74) is 2.21. The van der Waals surface area contributed by atoms with Crippen LogP contribution in [0, 0.1) is 5.92 Å². The van der Waals surface area contributed by atoms with Crippen LogP contribution in [0.5, 0.6) is 11.5 Å². The normalized spacial score (nSPS) is 11.8. The maximum absolute atomic E-state index is 10.8. The Bertz CT molecular complexity index is 641. The first-order chi connectivity index (χ1) is 11.6. The Morgan fingerprint density at radius 2 is 1.79 bits per heavy atom. The Hall–Kier alpha value is -2.49. The van der Waals surface area contributed by atoms with Crippen LogP contribution in [0.4, 0.5) is 0 Å². The highest BCUT2D eigenvalue weighted by Gasteiger charge is 2.14. The van der Waals surface area contributed by atoms with Gasteiger partial charge in [-0.05, 0) is 35.6 Å². The first kappa shape index (κ1) is 17.9. The number of hydrogen-bond acceptors (Lipinski definition) is 3. The molecule has 4 heteroatoms. The Morgan fingerprint density at radius 3 is 2.42 bits per heavy atom. The molecular weight excluding hydrogens is 302 g/mol. The third-order valence-electron chi connectivity index (χ3n) is 4.01. The second kappa shape index (κ2) is 8.96. The molecule has 0 aliphatic carbocycles. The summed E-state index contributed by atoms with van der Waals surface area (Å²) in [6, 6.07) is 16.0. The van der Waals surface area contributed by atoms with Crippen LogP contribution >= 0.6 is 0 Å². The van der Waals surface area contributed by atoms with Gasteiger partial charge in [-0.15, -0.1) is 0 Å². The van der Waals surface area contributed by atoms with E-state index >= 15 is 0 Å². The minimum Gasteiger partial charge on any atom is -0.493 e. The third-order valence-corrected chi connectivity index (χ3v) is 4.01. The van der Waals surface area contributed by atoms with Gasteiger partial charge in [0, 0.05) is 6.04 Å². The van der Waals surface area contributed by atoms with Crippen molar-refractivity contribution in [2.24, 2.45) is 5.92 Å². The van der Waals surface area contributed by atoms with Crippen molar-refractivity contribution in [1.82, 2.24) is 5.32 Å². The molecule has 0 unspecified atom stereocenters. The van der Waals surface area contributed by atoms with Crippen LogP contribution in [-0.2, 0) is 17.8 Å². The molecule has 1 atom stereocenters. The third kappa shape index (κ3) is 5.01. The van der Waals surface area contributed by atoms with Gasteiger partial charge in [0.1, 0.15) is 6.61 Å². The molecule has 2 aromatic rings. The fourth-order valence-electron chi connectivity index (χ4n) is 2.52. The number of carbonyl (C=O) groups excluding carboxylic acids is 1. The van der Waals surface area contributed by atoms with Gasteiger partial charge in [0.05, 0.1) is 7.11 Å². The lowest BCUT2D eigenvalue weighted by molar-refractivity contribution is -0.110. The maximum Gasteiger partial charge on any atom is 0.207 e. The van der Waals surface area contributed by atoms with Crippen molar-refractivity contribution in [2.75, 3.05) is 7.11 Å². The van der Waals surface area contributed by atoms with Gasteiger partial charge in [0.25, 0.3) is 0 Å². The zero-order valence-electron chi connectivity index (χ0n) is 14.5. The summed E-state index contributed by atoms with van der Waals surface area (Å²) in [6.45, 7) is 4.68. The van der Waals surface area contributed by atoms with Gasteiger partial charge < -0.3 is 14.8 Å². The van der Waals surface area contributed by atoms with Crippen LogP contribution < -0.4 is 14.8 Å². The first-order valence-electron chi connectivity index (χ1n) is 8.17. The molecule has 2 rings (SSSR count). The highest BCUT2D eigenvalue weighted by molar-refractivity contribution is 5.47. The molecule has 4 nitrogen and oxygen atoms in total. The molecule has 1 amide bonds. The van der Waals surface area contributed by atoms with E-state index in [1.807, 2.05) is 48.5 Å². The number of hydrogen-bond donors (Lipinski definition) is 1. The maximum atomic E-state index is 10.8. The fourth-order valence-corrected chi connectivity index (χ4v) is 2.52. The molecule has 0 aliphatic heterocycles. The summed E-state index contributed by atoms with van der Waals surface area (Å²) in [5.74, 6) is 1.78. The number of ether oxygens (including phenoxy) is 2. The summed E-state index contributed by atoms with van der Waals surface area (Å²) in [4.78, 5) is 10.8. The number of rotatable bonds is 9.